The molecule has 2 aromatic heterocycles. The van der Waals surface area contributed by atoms with Gasteiger partial charge in [0.1, 0.15) is 5.69 Å². The van der Waals surface area contributed by atoms with Gasteiger partial charge in [0.05, 0.1) is 28.0 Å². The average molecular weight is 450 g/mol. The largest absolute Gasteiger partial charge is 0.350 e. The Morgan fingerprint density at radius 1 is 1.07 bits per heavy atom. The zero-order chi connectivity index (χ0) is 20.6. The maximum absolute atomic E-state index is 12.2. The number of hydrogen-bond acceptors (Lipinski definition) is 6. The highest BCUT2D eigenvalue weighted by Gasteiger charge is 2.13. The van der Waals surface area contributed by atoms with Crippen LogP contribution in [0.15, 0.2) is 48.0 Å². The lowest BCUT2D eigenvalue weighted by molar-refractivity contribution is -0.121. The topological polar surface area (TPSA) is 96.0 Å². The lowest BCUT2D eigenvalue weighted by atomic mass is 10.3. The minimum Gasteiger partial charge on any atom is -0.350 e. The summed E-state index contributed by atoms with van der Waals surface area (Å²) in [7, 11) is 0. The second-order valence-corrected chi connectivity index (χ2v) is 7.51. The molecule has 0 saturated heterocycles. The summed E-state index contributed by atoms with van der Waals surface area (Å²) in [6.07, 6.45) is 1.82. The summed E-state index contributed by atoms with van der Waals surface area (Å²) in [6, 6.07) is 10.7. The number of halogens is 2. The molecule has 0 atom stereocenters. The first-order valence-corrected chi connectivity index (χ1v) is 10.3. The molecule has 3 N–H and O–H groups in total. The van der Waals surface area contributed by atoms with Crippen molar-refractivity contribution in [1.82, 2.24) is 20.6 Å². The van der Waals surface area contributed by atoms with Gasteiger partial charge in [0.2, 0.25) is 5.91 Å². The van der Waals surface area contributed by atoms with Gasteiger partial charge in [0.25, 0.3) is 5.91 Å². The van der Waals surface area contributed by atoms with E-state index in [1.807, 2.05) is 18.2 Å². The van der Waals surface area contributed by atoms with Gasteiger partial charge in [-0.1, -0.05) is 35.3 Å². The highest BCUT2D eigenvalue weighted by atomic mass is 35.5. The summed E-state index contributed by atoms with van der Waals surface area (Å²) < 4.78 is 0. The van der Waals surface area contributed by atoms with Crippen LogP contribution in [0.25, 0.3) is 0 Å². The van der Waals surface area contributed by atoms with E-state index in [0.717, 1.165) is 5.69 Å². The van der Waals surface area contributed by atoms with E-state index >= 15 is 0 Å². The quantitative estimate of drug-likeness (QED) is 0.482. The minimum atomic E-state index is -0.357. The number of benzene rings is 1. The van der Waals surface area contributed by atoms with Crippen LogP contribution < -0.4 is 16.0 Å². The van der Waals surface area contributed by atoms with E-state index in [9.17, 15) is 9.59 Å². The predicted molar refractivity (Wildman–Crippen MR) is 115 cm³/mol. The molecule has 0 saturated carbocycles. The zero-order valence-electron chi connectivity index (χ0n) is 15.1. The van der Waals surface area contributed by atoms with Crippen molar-refractivity contribution >= 4 is 57.2 Å². The number of aromatic nitrogens is 2. The van der Waals surface area contributed by atoms with Crippen molar-refractivity contribution in [3.05, 3.63) is 69.4 Å². The Morgan fingerprint density at radius 2 is 1.93 bits per heavy atom. The first-order valence-electron chi connectivity index (χ1n) is 8.64. The van der Waals surface area contributed by atoms with Crippen molar-refractivity contribution in [3.63, 3.8) is 0 Å². The Bertz CT molecular complexity index is 997. The molecule has 1 aromatic carbocycles. The summed E-state index contributed by atoms with van der Waals surface area (Å²) in [6.45, 7) is 0.550. The molecule has 0 aliphatic rings. The van der Waals surface area contributed by atoms with Gasteiger partial charge in [0, 0.05) is 24.5 Å². The van der Waals surface area contributed by atoms with Gasteiger partial charge >= 0.3 is 0 Å². The van der Waals surface area contributed by atoms with E-state index in [1.165, 1.54) is 11.3 Å². The summed E-state index contributed by atoms with van der Waals surface area (Å²) in [4.78, 5) is 32.4. The third kappa shape index (κ3) is 6.15. The molecular weight excluding hydrogens is 433 g/mol. The number of hydrogen-bond donors (Lipinski definition) is 3. The Balaban J connectivity index is 1.44. The smallest absolute Gasteiger partial charge is 0.270 e. The third-order valence-electron chi connectivity index (χ3n) is 3.76. The van der Waals surface area contributed by atoms with Crippen molar-refractivity contribution in [1.29, 1.82) is 0 Å². The van der Waals surface area contributed by atoms with Gasteiger partial charge in [-0.2, -0.15) is 0 Å². The number of carbonyl (C=O) groups is 2. The monoisotopic (exact) mass is 449 g/mol. The van der Waals surface area contributed by atoms with Gasteiger partial charge in [-0.15, -0.1) is 11.3 Å². The summed E-state index contributed by atoms with van der Waals surface area (Å²) in [5.74, 6) is -0.531. The maximum atomic E-state index is 12.2. The molecule has 0 aliphatic heterocycles. The van der Waals surface area contributed by atoms with E-state index in [1.54, 1.807) is 29.8 Å². The average Bonchev–Trinajstić information content (AvgIpc) is 3.19. The fourth-order valence-electron chi connectivity index (χ4n) is 2.31. The van der Waals surface area contributed by atoms with Crippen molar-refractivity contribution in [2.75, 3.05) is 11.9 Å². The Kier molecular flexibility index (Phi) is 7.40. The van der Waals surface area contributed by atoms with Crippen LogP contribution in [0.1, 0.15) is 22.6 Å². The number of carbonyl (C=O) groups excluding carboxylic acids is 2. The first kappa shape index (κ1) is 21.0. The van der Waals surface area contributed by atoms with Crippen molar-refractivity contribution < 1.29 is 9.59 Å². The molecule has 0 unspecified atom stereocenters. The SMILES string of the molecule is O=C(CCNC(=O)c1csc(Nc2cccc(Cl)c2Cl)n1)NCc1ccccn1. The van der Waals surface area contributed by atoms with Crippen LogP contribution in [0.3, 0.4) is 0 Å². The predicted octanol–water partition coefficient (Wildman–Crippen LogP) is 4.02. The molecule has 0 radical (unpaired) electrons. The molecule has 3 rings (SSSR count). The van der Waals surface area contributed by atoms with Crippen LogP contribution in [0.4, 0.5) is 10.8 Å². The number of rotatable bonds is 8. The van der Waals surface area contributed by atoms with Crippen molar-refractivity contribution in [2.24, 2.45) is 0 Å². The molecule has 29 heavy (non-hydrogen) atoms. The molecular formula is C19H17Cl2N5O2S. The lowest BCUT2D eigenvalue weighted by Crippen LogP contribution is -2.30. The maximum Gasteiger partial charge on any atom is 0.270 e. The number of thiazole rings is 1. The normalized spacial score (nSPS) is 10.4. The molecule has 2 heterocycles. The van der Waals surface area contributed by atoms with E-state index < -0.39 is 0 Å². The van der Waals surface area contributed by atoms with E-state index in [2.05, 4.69) is 25.9 Å². The molecule has 10 heteroatoms. The molecule has 7 nitrogen and oxygen atoms in total. The molecule has 0 aliphatic carbocycles. The van der Waals surface area contributed by atoms with Crippen molar-refractivity contribution in [2.45, 2.75) is 13.0 Å². The van der Waals surface area contributed by atoms with Gasteiger partial charge in [-0.25, -0.2) is 4.98 Å². The van der Waals surface area contributed by atoms with Crippen molar-refractivity contribution in [3.8, 4) is 0 Å². The molecule has 3 aromatic rings. The Hall–Kier alpha value is -2.68. The molecule has 0 bridgehead atoms. The molecule has 2 amide bonds. The van der Waals surface area contributed by atoms with E-state index in [-0.39, 0.29) is 30.5 Å². The van der Waals surface area contributed by atoms with Crippen LogP contribution in [-0.4, -0.2) is 28.3 Å². The fourth-order valence-corrected chi connectivity index (χ4v) is 3.36. The lowest BCUT2D eigenvalue weighted by Gasteiger charge is -2.06. The highest BCUT2D eigenvalue weighted by Crippen LogP contribution is 2.32. The Labute approximate surface area is 181 Å². The second-order valence-electron chi connectivity index (χ2n) is 5.87. The number of anilines is 2. The molecule has 0 fully saturated rings. The number of nitrogens with one attached hydrogen (secondary N) is 3. The van der Waals surface area contributed by atoms with Gasteiger partial charge in [-0.3, -0.25) is 14.6 Å². The highest BCUT2D eigenvalue weighted by molar-refractivity contribution is 7.14. The summed E-state index contributed by atoms with van der Waals surface area (Å²) in [5.41, 5.74) is 1.63. The van der Waals surface area contributed by atoms with Crippen LogP contribution in [0, 0.1) is 0 Å². The first-order chi connectivity index (χ1) is 14.0. The fraction of sp³-hybridized carbons (Fsp3) is 0.158. The van der Waals surface area contributed by atoms with Crippen LogP contribution in [0.2, 0.25) is 10.0 Å². The van der Waals surface area contributed by atoms with Crippen LogP contribution in [0.5, 0.6) is 0 Å². The summed E-state index contributed by atoms with van der Waals surface area (Å²) >= 11 is 13.4. The number of pyridine rings is 1. The standard InChI is InChI=1S/C19H17Cl2N5O2S/c20-13-5-3-6-14(17(13)21)25-19-26-15(11-29-19)18(28)23-9-7-16(27)24-10-12-4-1-2-8-22-12/h1-6,8,11H,7,9-10H2,(H,23,28)(H,24,27)(H,25,26). The zero-order valence-corrected chi connectivity index (χ0v) is 17.4. The third-order valence-corrected chi connectivity index (χ3v) is 5.34. The number of nitrogens with zero attached hydrogens (tertiary/aromatic N) is 2. The second kappa shape index (κ2) is 10.2. The van der Waals surface area contributed by atoms with Gasteiger partial charge in [-0.05, 0) is 24.3 Å². The Morgan fingerprint density at radius 3 is 2.72 bits per heavy atom. The number of amides is 2. The van der Waals surface area contributed by atoms with Gasteiger partial charge < -0.3 is 16.0 Å². The summed E-state index contributed by atoms with van der Waals surface area (Å²) in [5, 5.41) is 11.4. The van der Waals surface area contributed by atoms with E-state index in [4.69, 9.17) is 23.2 Å². The van der Waals surface area contributed by atoms with Gasteiger partial charge in [0.15, 0.2) is 5.13 Å². The molecule has 150 valence electrons. The molecule has 0 spiro atoms. The van der Waals surface area contributed by atoms with Crippen LogP contribution >= 0.6 is 34.5 Å². The van der Waals surface area contributed by atoms with Crippen LogP contribution in [-0.2, 0) is 11.3 Å². The van der Waals surface area contributed by atoms with E-state index in [0.29, 0.717) is 27.4 Å². The minimum absolute atomic E-state index is 0.159.